The third-order valence-corrected chi connectivity index (χ3v) is 2.61. The molecule has 0 radical (unpaired) electrons. The van der Waals surface area contributed by atoms with Gasteiger partial charge < -0.3 is 9.84 Å². The number of non-ortho nitro benzene ring substituents is 1. The summed E-state index contributed by atoms with van der Waals surface area (Å²) < 4.78 is 5.67. The average molecular weight is 340 g/mol. The van der Waals surface area contributed by atoms with Gasteiger partial charge in [0.2, 0.25) is 5.69 Å². The van der Waals surface area contributed by atoms with E-state index in [-0.39, 0.29) is 23.0 Å². The molecule has 1 heterocycles. The lowest BCUT2D eigenvalue weighted by Crippen LogP contribution is -2.04. The summed E-state index contributed by atoms with van der Waals surface area (Å²) in [4.78, 5) is 28.5. The molecule has 9 heteroatoms. The predicted octanol–water partition coefficient (Wildman–Crippen LogP) is 2.64. The quantitative estimate of drug-likeness (QED) is 0.672. The van der Waals surface area contributed by atoms with E-state index in [0.29, 0.717) is 4.47 Å². The molecule has 1 N–H and O–H groups in total. The molecule has 0 aliphatic rings. The van der Waals surface area contributed by atoms with Gasteiger partial charge in [0.15, 0.2) is 0 Å². The van der Waals surface area contributed by atoms with Crippen molar-refractivity contribution in [1.29, 1.82) is 0 Å². The van der Waals surface area contributed by atoms with Gasteiger partial charge in [-0.2, -0.15) is 0 Å². The molecule has 0 aliphatic carbocycles. The number of hydrogen-bond donors (Lipinski definition) is 1. The Morgan fingerprint density at radius 3 is 2.65 bits per heavy atom. The molecule has 8 nitrogen and oxygen atoms in total. The summed E-state index contributed by atoms with van der Waals surface area (Å²) in [5.74, 6) is -1.47. The van der Waals surface area contributed by atoms with Crippen LogP contribution in [0.25, 0.3) is 0 Å². The van der Waals surface area contributed by atoms with E-state index in [1.807, 2.05) is 0 Å². The van der Waals surface area contributed by atoms with E-state index in [4.69, 9.17) is 9.84 Å². The van der Waals surface area contributed by atoms with Gasteiger partial charge in [-0.3, -0.25) is 10.1 Å². The van der Waals surface area contributed by atoms with Crippen LogP contribution in [0.1, 0.15) is 10.5 Å². The van der Waals surface area contributed by atoms with Crippen LogP contribution >= 0.6 is 15.9 Å². The van der Waals surface area contributed by atoms with E-state index in [0.717, 1.165) is 6.07 Å². The van der Waals surface area contributed by atoms with Crippen molar-refractivity contribution in [2.45, 2.75) is 0 Å². The third-order valence-electron chi connectivity index (χ3n) is 2.15. The first kappa shape index (κ1) is 13.9. The number of ether oxygens (including phenoxy) is 1. The Bertz CT molecular complexity index is 692. The number of nitrogens with zero attached hydrogens (tertiary/aromatic N) is 3. The number of carboxylic acid groups (broad SMARTS) is 1. The van der Waals surface area contributed by atoms with Crippen LogP contribution in [0.2, 0.25) is 0 Å². The fourth-order valence-electron chi connectivity index (χ4n) is 1.37. The van der Waals surface area contributed by atoms with Crippen molar-refractivity contribution >= 4 is 27.6 Å². The minimum atomic E-state index is -1.31. The zero-order chi connectivity index (χ0) is 14.7. The zero-order valence-corrected chi connectivity index (χ0v) is 11.3. The summed E-state index contributed by atoms with van der Waals surface area (Å²) in [6, 6.07) is 3.90. The molecule has 0 fully saturated rings. The van der Waals surface area contributed by atoms with Gasteiger partial charge in [0.1, 0.15) is 5.75 Å². The first-order valence-electron chi connectivity index (χ1n) is 5.14. The Balaban J connectivity index is 2.40. The Hall–Kier alpha value is -2.55. The summed E-state index contributed by atoms with van der Waals surface area (Å²) in [6.45, 7) is 0. The summed E-state index contributed by atoms with van der Waals surface area (Å²) in [7, 11) is 0. The van der Waals surface area contributed by atoms with Gasteiger partial charge in [0.25, 0.3) is 11.6 Å². The van der Waals surface area contributed by atoms with Crippen molar-refractivity contribution in [2.75, 3.05) is 0 Å². The minimum Gasteiger partial charge on any atom is -0.476 e. The van der Waals surface area contributed by atoms with Gasteiger partial charge in [-0.25, -0.2) is 14.8 Å². The Morgan fingerprint density at radius 1 is 1.30 bits per heavy atom. The molecule has 1 aromatic carbocycles. The molecule has 0 bridgehead atoms. The fourth-order valence-corrected chi connectivity index (χ4v) is 1.83. The lowest BCUT2D eigenvalue weighted by atomic mass is 10.3. The Morgan fingerprint density at radius 2 is 2.00 bits per heavy atom. The SMILES string of the molecule is O=C(O)c1nccnc1Oc1cc(Br)cc([N+](=O)[O-])c1. The molecule has 0 spiro atoms. The van der Waals surface area contributed by atoms with Crippen LogP contribution in [-0.4, -0.2) is 26.0 Å². The molecule has 0 atom stereocenters. The topological polar surface area (TPSA) is 115 Å². The largest absolute Gasteiger partial charge is 0.476 e. The highest BCUT2D eigenvalue weighted by atomic mass is 79.9. The van der Waals surface area contributed by atoms with Crippen molar-refractivity contribution in [3.63, 3.8) is 0 Å². The lowest BCUT2D eigenvalue weighted by Gasteiger charge is -2.06. The van der Waals surface area contributed by atoms with Gasteiger partial charge in [0, 0.05) is 22.9 Å². The molecule has 0 amide bonds. The van der Waals surface area contributed by atoms with Crippen molar-refractivity contribution in [3.05, 3.63) is 50.9 Å². The number of rotatable bonds is 4. The van der Waals surface area contributed by atoms with Crippen LogP contribution in [0.15, 0.2) is 35.1 Å². The Labute approximate surface area is 120 Å². The first-order valence-corrected chi connectivity index (χ1v) is 5.94. The van der Waals surface area contributed by atoms with Crippen LogP contribution in [0, 0.1) is 10.1 Å². The minimum absolute atomic E-state index is 0.0778. The summed E-state index contributed by atoms with van der Waals surface area (Å²) >= 11 is 3.11. The van der Waals surface area contributed by atoms with Gasteiger partial charge in [-0.05, 0) is 6.07 Å². The maximum absolute atomic E-state index is 11.0. The van der Waals surface area contributed by atoms with E-state index in [2.05, 4.69) is 25.9 Å². The molecule has 102 valence electrons. The van der Waals surface area contributed by atoms with E-state index in [9.17, 15) is 14.9 Å². The summed E-state index contributed by atoms with van der Waals surface area (Å²) in [5, 5.41) is 19.7. The van der Waals surface area contributed by atoms with E-state index < -0.39 is 10.9 Å². The highest BCUT2D eigenvalue weighted by molar-refractivity contribution is 9.10. The molecule has 20 heavy (non-hydrogen) atoms. The van der Waals surface area contributed by atoms with E-state index in [1.54, 1.807) is 0 Å². The van der Waals surface area contributed by atoms with E-state index >= 15 is 0 Å². The van der Waals surface area contributed by atoms with Crippen molar-refractivity contribution < 1.29 is 19.6 Å². The molecule has 1 aromatic heterocycles. The average Bonchev–Trinajstić information content (AvgIpc) is 2.38. The molecule has 0 unspecified atom stereocenters. The summed E-state index contributed by atoms with van der Waals surface area (Å²) in [5.41, 5.74) is -0.578. The highest BCUT2D eigenvalue weighted by Crippen LogP contribution is 2.29. The predicted molar refractivity (Wildman–Crippen MR) is 69.9 cm³/mol. The molecule has 0 saturated heterocycles. The van der Waals surface area contributed by atoms with Gasteiger partial charge in [-0.1, -0.05) is 15.9 Å². The van der Waals surface area contributed by atoms with Crippen LogP contribution in [-0.2, 0) is 0 Å². The number of hydrogen-bond acceptors (Lipinski definition) is 6. The monoisotopic (exact) mass is 339 g/mol. The fraction of sp³-hybridized carbons (Fsp3) is 0. The molecule has 0 saturated carbocycles. The highest BCUT2D eigenvalue weighted by Gasteiger charge is 2.16. The second-order valence-electron chi connectivity index (χ2n) is 3.52. The smallest absolute Gasteiger partial charge is 0.360 e. The Kier molecular flexibility index (Phi) is 3.89. The maximum atomic E-state index is 11.0. The number of carbonyl (C=O) groups is 1. The van der Waals surface area contributed by atoms with Gasteiger partial charge in [-0.15, -0.1) is 0 Å². The number of benzene rings is 1. The zero-order valence-electron chi connectivity index (χ0n) is 9.69. The molecule has 2 aromatic rings. The number of carboxylic acids is 1. The maximum Gasteiger partial charge on any atom is 0.360 e. The van der Waals surface area contributed by atoms with Gasteiger partial charge >= 0.3 is 5.97 Å². The third kappa shape index (κ3) is 3.06. The molecule has 0 aliphatic heterocycles. The van der Waals surface area contributed by atoms with Crippen molar-refractivity contribution in [3.8, 4) is 11.6 Å². The van der Waals surface area contributed by atoms with Crippen LogP contribution in [0.4, 0.5) is 5.69 Å². The second-order valence-corrected chi connectivity index (χ2v) is 4.44. The first-order chi connectivity index (χ1) is 9.47. The number of aromatic nitrogens is 2. The molecule has 2 rings (SSSR count). The second kappa shape index (κ2) is 5.61. The molecular formula is C11H6BrN3O5. The lowest BCUT2D eigenvalue weighted by molar-refractivity contribution is -0.385. The van der Waals surface area contributed by atoms with Crippen molar-refractivity contribution in [2.24, 2.45) is 0 Å². The van der Waals surface area contributed by atoms with Crippen molar-refractivity contribution in [1.82, 2.24) is 9.97 Å². The van der Waals surface area contributed by atoms with Crippen LogP contribution in [0.3, 0.4) is 0 Å². The normalized spacial score (nSPS) is 10.1. The number of nitro groups is 1. The van der Waals surface area contributed by atoms with Crippen LogP contribution in [0.5, 0.6) is 11.6 Å². The van der Waals surface area contributed by atoms with E-state index in [1.165, 1.54) is 24.5 Å². The van der Waals surface area contributed by atoms with Crippen LogP contribution < -0.4 is 4.74 Å². The van der Waals surface area contributed by atoms with Gasteiger partial charge in [0.05, 0.1) is 11.0 Å². The number of aromatic carboxylic acids is 1. The number of halogens is 1. The summed E-state index contributed by atoms with van der Waals surface area (Å²) in [6.07, 6.45) is 2.47. The number of nitro benzene ring substituents is 1. The molecular weight excluding hydrogens is 334 g/mol. The standard InChI is InChI=1S/C11H6BrN3O5/c12-6-3-7(15(18)19)5-8(4-6)20-10-9(11(16)17)13-1-2-14-10/h1-5H,(H,16,17).